The fourth-order valence-corrected chi connectivity index (χ4v) is 6.46. The number of hydrogen-bond donors (Lipinski definition) is 1. The Morgan fingerprint density at radius 2 is 1.58 bits per heavy atom. The third-order valence-corrected chi connectivity index (χ3v) is 7.96. The quantitative estimate of drug-likeness (QED) is 0.787. The molecule has 0 radical (unpaired) electrons. The Balaban J connectivity index is 1.33. The van der Waals surface area contributed by atoms with Gasteiger partial charge in [-0.15, -0.1) is 0 Å². The topological polar surface area (TPSA) is 59.1 Å². The Bertz CT molecular complexity index is 805. The maximum atomic E-state index is 13.4. The molecule has 5 aliphatic heterocycles. The maximum Gasteiger partial charge on any atom is 0.319 e. The van der Waals surface area contributed by atoms with E-state index in [1.165, 1.54) is 5.56 Å². The van der Waals surface area contributed by atoms with Gasteiger partial charge in [0.15, 0.2) is 0 Å². The van der Waals surface area contributed by atoms with Crippen molar-refractivity contribution in [3.05, 3.63) is 35.9 Å². The van der Waals surface area contributed by atoms with Crippen LogP contribution in [0.3, 0.4) is 0 Å². The Kier molecular flexibility index (Phi) is 5.42. The number of fused-ring (bicyclic) bond motifs is 1. The van der Waals surface area contributed by atoms with Crippen molar-refractivity contribution >= 4 is 11.9 Å². The molecule has 3 amide bonds. The van der Waals surface area contributed by atoms with Crippen LogP contribution < -0.4 is 5.32 Å². The predicted octanol–water partition coefficient (Wildman–Crippen LogP) is 1.06. The van der Waals surface area contributed by atoms with E-state index in [1.807, 2.05) is 4.90 Å². The zero-order valence-corrected chi connectivity index (χ0v) is 18.8. The Morgan fingerprint density at radius 1 is 0.968 bits per heavy atom. The van der Waals surface area contributed by atoms with Gasteiger partial charge in [-0.1, -0.05) is 30.3 Å². The first-order valence-corrected chi connectivity index (χ1v) is 11.7. The summed E-state index contributed by atoms with van der Waals surface area (Å²) >= 11 is 0. The lowest BCUT2D eigenvalue weighted by Gasteiger charge is -2.56. The van der Waals surface area contributed by atoms with E-state index in [2.05, 4.69) is 45.4 Å². The zero-order valence-electron chi connectivity index (χ0n) is 18.8. The molecule has 4 bridgehead atoms. The van der Waals surface area contributed by atoms with Crippen LogP contribution in [-0.2, 0) is 10.2 Å². The van der Waals surface area contributed by atoms with Gasteiger partial charge >= 0.3 is 6.03 Å². The van der Waals surface area contributed by atoms with Gasteiger partial charge in [0.05, 0.1) is 0 Å². The van der Waals surface area contributed by atoms with Crippen LogP contribution in [0.5, 0.6) is 0 Å². The molecule has 5 heterocycles. The molecule has 0 aromatic heterocycles. The van der Waals surface area contributed by atoms with Crippen LogP contribution in [0.4, 0.5) is 4.79 Å². The summed E-state index contributed by atoms with van der Waals surface area (Å²) in [5.74, 6) is 0.650. The van der Waals surface area contributed by atoms with Crippen LogP contribution >= 0.6 is 0 Å². The normalized spacial score (nSPS) is 35.0. The van der Waals surface area contributed by atoms with Crippen molar-refractivity contribution in [2.75, 3.05) is 66.5 Å². The molecule has 0 aliphatic carbocycles. The van der Waals surface area contributed by atoms with Gasteiger partial charge in [-0.05, 0) is 18.4 Å². The van der Waals surface area contributed by atoms with Gasteiger partial charge in [-0.25, -0.2) is 4.79 Å². The van der Waals surface area contributed by atoms with Gasteiger partial charge in [-0.3, -0.25) is 4.79 Å². The highest BCUT2D eigenvalue weighted by atomic mass is 16.2. The SMILES string of the molecule is CN(C)C(=O)N1CCC(C(=O)N[C@H]2C3CN4CCN(C3)CC2(c2ccccc2)C4)CC1. The molecule has 1 aromatic rings. The van der Waals surface area contributed by atoms with Crippen LogP contribution in [-0.4, -0.2) is 104 Å². The molecule has 0 spiro atoms. The molecule has 5 saturated heterocycles. The second-order valence-corrected chi connectivity index (χ2v) is 10.2. The second kappa shape index (κ2) is 8.10. The number of nitrogens with zero attached hydrogens (tertiary/aromatic N) is 4. The predicted molar refractivity (Wildman–Crippen MR) is 120 cm³/mol. The molecule has 6 rings (SSSR count). The number of likely N-dealkylation sites (tertiary alicyclic amines) is 1. The minimum atomic E-state index is -0.0455. The average molecular weight is 426 g/mol. The molecule has 7 heteroatoms. The molecule has 3 atom stereocenters. The number of carbonyl (C=O) groups excluding carboxylic acids is 2. The lowest BCUT2D eigenvalue weighted by molar-refractivity contribution is -0.129. The molecule has 31 heavy (non-hydrogen) atoms. The first kappa shape index (κ1) is 20.8. The van der Waals surface area contributed by atoms with Crippen LogP contribution in [0.1, 0.15) is 18.4 Å². The van der Waals surface area contributed by atoms with Gasteiger partial charge in [0, 0.05) is 89.7 Å². The van der Waals surface area contributed by atoms with Gasteiger partial charge in [-0.2, -0.15) is 0 Å². The van der Waals surface area contributed by atoms with Crippen LogP contribution in [0.25, 0.3) is 0 Å². The van der Waals surface area contributed by atoms with Gasteiger partial charge in [0.1, 0.15) is 0 Å². The van der Waals surface area contributed by atoms with E-state index < -0.39 is 0 Å². The minimum Gasteiger partial charge on any atom is -0.352 e. The summed E-state index contributed by atoms with van der Waals surface area (Å²) in [4.78, 5) is 34.3. The monoisotopic (exact) mass is 425 g/mol. The van der Waals surface area contributed by atoms with Gasteiger partial charge in [0.25, 0.3) is 0 Å². The Labute approximate surface area is 185 Å². The van der Waals surface area contributed by atoms with Crippen molar-refractivity contribution in [3.63, 3.8) is 0 Å². The van der Waals surface area contributed by atoms with Crippen molar-refractivity contribution in [2.45, 2.75) is 24.3 Å². The standard InChI is InChI=1S/C24H35N5O2/c1-26(2)23(31)29-10-8-18(9-11-29)22(30)25-21-19-14-27-12-13-28(15-19)17-24(21,16-27)20-6-4-3-5-7-20/h3-7,18-19,21H,8-17H2,1-2H3,(H,25,30)/t19?,21-,24?/m0/s1. The van der Waals surface area contributed by atoms with E-state index in [-0.39, 0.29) is 29.3 Å². The third kappa shape index (κ3) is 3.72. The number of amides is 3. The minimum absolute atomic E-state index is 0.000905. The molecule has 5 fully saturated rings. The molecule has 168 valence electrons. The van der Waals surface area contributed by atoms with E-state index in [1.54, 1.807) is 19.0 Å². The molecular weight excluding hydrogens is 390 g/mol. The second-order valence-electron chi connectivity index (χ2n) is 10.2. The number of benzene rings is 1. The molecule has 1 aromatic carbocycles. The van der Waals surface area contributed by atoms with E-state index in [0.717, 1.165) is 52.1 Å². The molecular formula is C24H35N5O2. The first-order chi connectivity index (χ1) is 15.0. The number of hydrogen-bond acceptors (Lipinski definition) is 4. The molecule has 7 nitrogen and oxygen atoms in total. The number of piperidine rings is 3. The number of carbonyl (C=O) groups is 2. The molecule has 0 saturated carbocycles. The van der Waals surface area contributed by atoms with Crippen LogP contribution in [0, 0.1) is 11.8 Å². The molecule has 1 N–H and O–H groups in total. The van der Waals surface area contributed by atoms with Crippen molar-refractivity contribution in [1.82, 2.24) is 24.9 Å². The first-order valence-electron chi connectivity index (χ1n) is 11.7. The number of rotatable bonds is 3. The fourth-order valence-electron chi connectivity index (χ4n) is 6.46. The lowest BCUT2D eigenvalue weighted by Crippen LogP contribution is -2.71. The summed E-state index contributed by atoms with van der Waals surface area (Å²) in [6.07, 6.45) is 1.50. The number of urea groups is 1. The van der Waals surface area contributed by atoms with Crippen molar-refractivity contribution in [2.24, 2.45) is 11.8 Å². The van der Waals surface area contributed by atoms with E-state index in [4.69, 9.17) is 0 Å². The smallest absolute Gasteiger partial charge is 0.319 e. The highest BCUT2D eigenvalue weighted by Crippen LogP contribution is 2.43. The third-order valence-electron chi connectivity index (χ3n) is 7.96. The average Bonchev–Trinajstić information content (AvgIpc) is 3.04. The number of nitrogens with one attached hydrogen (secondary N) is 1. The van der Waals surface area contributed by atoms with E-state index >= 15 is 0 Å². The highest BCUT2D eigenvalue weighted by molar-refractivity contribution is 5.80. The largest absolute Gasteiger partial charge is 0.352 e. The van der Waals surface area contributed by atoms with Crippen molar-refractivity contribution in [1.29, 1.82) is 0 Å². The fraction of sp³-hybridized carbons (Fsp3) is 0.667. The van der Waals surface area contributed by atoms with Gasteiger partial charge in [0.2, 0.25) is 5.91 Å². The Morgan fingerprint density at radius 3 is 2.16 bits per heavy atom. The van der Waals surface area contributed by atoms with E-state index in [9.17, 15) is 9.59 Å². The maximum absolute atomic E-state index is 13.4. The summed E-state index contributed by atoms with van der Waals surface area (Å²) in [6, 6.07) is 11.1. The van der Waals surface area contributed by atoms with Crippen LogP contribution in [0.2, 0.25) is 0 Å². The lowest BCUT2D eigenvalue weighted by atomic mass is 9.64. The molecule has 2 unspecified atom stereocenters. The Hall–Kier alpha value is -2.12. The van der Waals surface area contributed by atoms with Crippen molar-refractivity contribution < 1.29 is 9.59 Å². The highest BCUT2D eigenvalue weighted by Gasteiger charge is 2.55. The van der Waals surface area contributed by atoms with Gasteiger partial charge < -0.3 is 24.9 Å². The summed E-state index contributed by atoms with van der Waals surface area (Å²) in [7, 11) is 3.57. The zero-order chi connectivity index (χ0) is 21.6. The molecule has 5 aliphatic rings. The summed E-state index contributed by atoms with van der Waals surface area (Å²) in [6.45, 7) is 7.77. The summed E-state index contributed by atoms with van der Waals surface area (Å²) in [5.41, 5.74) is 1.31. The van der Waals surface area contributed by atoms with E-state index in [0.29, 0.717) is 19.0 Å². The van der Waals surface area contributed by atoms with Crippen LogP contribution in [0.15, 0.2) is 30.3 Å². The summed E-state index contributed by atoms with van der Waals surface area (Å²) in [5, 5.41) is 3.56. The van der Waals surface area contributed by atoms with Crippen molar-refractivity contribution in [3.8, 4) is 0 Å². The summed E-state index contributed by atoms with van der Waals surface area (Å²) < 4.78 is 0.